The summed E-state index contributed by atoms with van der Waals surface area (Å²) in [6.07, 6.45) is -0.751. The predicted molar refractivity (Wildman–Crippen MR) is 107 cm³/mol. The molecule has 2 aromatic carbocycles. The molecule has 2 aliphatic rings. The lowest BCUT2D eigenvalue weighted by molar-refractivity contribution is -0.130. The van der Waals surface area contributed by atoms with E-state index in [0.29, 0.717) is 5.56 Å². The number of rotatable bonds is 4. The zero-order valence-corrected chi connectivity index (χ0v) is 16.7. The maximum Gasteiger partial charge on any atom is 0.416 e. The van der Waals surface area contributed by atoms with Gasteiger partial charge in [-0.1, -0.05) is 48.5 Å². The van der Waals surface area contributed by atoms with Gasteiger partial charge < -0.3 is 10.1 Å². The topological polar surface area (TPSA) is 96.0 Å². The lowest BCUT2D eigenvalue weighted by Crippen LogP contribution is -2.47. The molecule has 2 atom stereocenters. The van der Waals surface area contributed by atoms with E-state index in [1.807, 2.05) is 0 Å². The van der Waals surface area contributed by atoms with Crippen molar-refractivity contribution in [3.63, 3.8) is 0 Å². The van der Waals surface area contributed by atoms with Crippen LogP contribution in [0.25, 0.3) is 0 Å². The third kappa shape index (κ3) is 3.34. The molecule has 29 heavy (non-hydrogen) atoms. The largest absolute Gasteiger partial charge is 0.447 e. The van der Waals surface area contributed by atoms with Gasteiger partial charge in [-0.3, -0.25) is 4.79 Å². The maximum absolute atomic E-state index is 13.4. The van der Waals surface area contributed by atoms with E-state index in [0.717, 1.165) is 9.21 Å². The minimum absolute atomic E-state index is 0.0544. The molecule has 1 N–H and O–H groups in total. The number of cyclic esters (lactones) is 1. The lowest BCUT2D eigenvalue weighted by atomic mass is 10.00. The van der Waals surface area contributed by atoms with Crippen molar-refractivity contribution in [3.05, 3.63) is 66.2 Å². The van der Waals surface area contributed by atoms with E-state index in [-0.39, 0.29) is 23.2 Å². The molecule has 2 amide bonds. The molecule has 0 aliphatic carbocycles. The number of thiocarbonyl (C=S) groups is 1. The van der Waals surface area contributed by atoms with Gasteiger partial charge in [-0.15, -0.1) is 0 Å². The summed E-state index contributed by atoms with van der Waals surface area (Å²) in [6, 6.07) is 14.6. The molecule has 4 rings (SSSR count). The van der Waals surface area contributed by atoms with E-state index in [1.165, 1.54) is 12.1 Å². The van der Waals surface area contributed by atoms with Gasteiger partial charge in [-0.2, -0.15) is 0 Å². The number of sulfonamides is 1. The van der Waals surface area contributed by atoms with Crippen LogP contribution in [-0.4, -0.2) is 53.9 Å². The van der Waals surface area contributed by atoms with Gasteiger partial charge in [-0.05, 0) is 29.9 Å². The van der Waals surface area contributed by atoms with E-state index in [1.54, 1.807) is 48.5 Å². The number of carbonyl (C=O) groups excluding carboxylic acids is 2. The van der Waals surface area contributed by atoms with Gasteiger partial charge >= 0.3 is 6.09 Å². The zero-order valence-electron chi connectivity index (χ0n) is 15.1. The van der Waals surface area contributed by atoms with E-state index in [9.17, 15) is 18.0 Å². The number of ether oxygens (including phenoxy) is 1. The Balaban J connectivity index is 1.79. The molecule has 0 saturated carbocycles. The molecule has 2 aliphatic heterocycles. The van der Waals surface area contributed by atoms with Crippen molar-refractivity contribution in [2.45, 2.75) is 17.0 Å². The summed E-state index contributed by atoms with van der Waals surface area (Å²) >= 11 is 5.31. The molecular formula is C19H17N3O5S2. The van der Waals surface area contributed by atoms with Crippen LogP contribution in [0.4, 0.5) is 4.79 Å². The number of imide groups is 1. The number of hydrogen-bond acceptors (Lipinski definition) is 6. The van der Waals surface area contributed by atoms with Crippen LogP contribution >= 0.6 is 12.2 Å². The van der Waals surface area contributed by atoms with E-state index >= 15 is 0 Å². The molecule has 0 spiro atoms. The molecule has 10 heteroatoms. The predicted octanol–water partition coefficient (Wildman–Crippen LogP) is 1.65. The monoisotopic (exact) mass is 431 g/mol. The summed E-state index contributed by atoms with van der Waals surface area (Å²) in [5.41, 5.74) is 0.574. The van der Waals surface area contributed by atoms with Crippen LogP contribution in [0.5, 0.6) is 0 Å². The number of nitrogens with zero attached hydrogens (tertiary/aromatic N) is 2. The van der Waals surface area contributed by atoms with E-state index < -0.39 is 34.1 Å². The van der Waals surface area contributed by atoms with Gasteiger partial charge in [0.25, 0.3) is 15.9 Å². The highest BCUT2D eigenvalue weighted by atomic mass is 32.2. The Labute approximate surface area is 173 Å². The second-order valence-corrected chi connectivity index (χ2v) is 8.70. The Morgan fingerprint density at radius 1 is 1.07 bits per heavy atom. The van der Waals surface area contributed by atoms with Gasteiger partial charge in [0, 0.05) is 0 Å². The average Bonchev–Trinajstić information content (AvgIpc) is 3.32. The van der Waals surface area contributed by atoms with Crippen LogP contribution in [0, 0.1) is 0 Å². The average molecular weight is 431 g/mol. The number of hydrogen-bond donors (Lipinski definition) is 1. The van der Waals surface area contributed by atoms with Gasteiger partial charge in [0.2, 0.25) is 0 Å². The van der Waals surface area contributed by atoms with Gasteiger partial charge in [0.1, 0.15) is 18.7 Å². The first kappa shape index (κ1) is 19.3. The highest BCUT2D eigenvalue weighted by Gasteiger charge is 2.50. The molecule has 2 saturated heterocycles. The fourth-order valence-corrected chi connectivity index (χ4v) is 5.51. The Morgan fingerprint density at radius 3 is 2.28 bits per heavy atom. The van der Waals surface area contributed by atoms with Crippen molar-refractivity contribution in [2.24, 2.45) is 0 Å². The normalized spacial score (nSPS) is 21.8. The Morgan fingerprint density at radius 2 is 1.69 bits per heavy atom. The smallest absolute Gasteiger partial charge is 0.416 e. The van der Waals surface area contributed by atoms with Crippen LogP contribution in [0.3, 0.4) is 0 Å². The molecule has 2 heterocycles. The van der Waals surface area contributed by atoms with Crippen molar-refractivity contribution in [2.75, 3.05) is 13.2 Å². The molecule has 0 radical (unpaired) electrons. The van der Waals surface area contributed by atoms with Crippen LogP contribution in [0.1, 0.15) is 11.6 Å². The fourth-order valence-electron chi connectivity index (χ4n) is 3.44. The number of nitrogens with one attached hydrogen (secondary N) is 1. The first-order valence-electron chi connectivity index (χ1n) is 8.84. The van der Waals surface area contributed by atoms with Crippen molar-refractivity contribution >= 4 is 39.4 Å². The number of carbonyl (C=O) groups is 2. The summed E-state index contributed by atoms with van der Waals surface area (Å²) in [6.45, 7) is 0.208. The van der Waals surface area contributed by atoms with Crippen LogP contribution < -0.4 is 5.32 Å². The third-order valence-electron chi connectivity index (χ3n) is 4.78. The summed E-state index contributed by atoms with van der Waals surface area (Å²) in [7, 11) is -4.05. The first-order valence-corrected chi connectivity index (χ1v) is 10.7. The molecule has 150 valence electrons. The molecule has 0 aromatic heterocycles. The minimum Gasteiger partial charge on any atom is -0.447 e. The summed E-state index contributed by atoms with van der Waals surface area (Å²) in [5, 5.41) is 2.70. The van der Waals surface area contributed by atoms with Gasteiger partial charge in [0.05, 0.1) is 11.4 Å². The Kier molecular flexibility index (Phi) is 4.97. The SMILES string of the molecule is O=C1OCCN1C(=O)[C@@H]1NC(=S)N(S(=O)(=O)c2ccccc2)[C@H]1c1ccccc1. The number of amides is 2. The molecule has 2 aromatic rings. The highest BCUT2D eigenvalue weighted by Crippen LogP contribution is 2.36. The lowest BCUT2D eigenvalue weighted by Gasteiger charge is -2.28. The molecule has 0 bridgehead atoms. The Hall–Kier alpha value is -2.98. The quantitative estimate of drug-likeness (QED) is 0.736. The van der Waals surface area contributed by atoms with E-state index in [2.05, 4.69) is 5.32 Å². The summed E-state index contributed by atoms with van der Waals surface area (Å²) in [4.78, 5) is 26.0. The van der Waals surface area contributed by atoms with Gasteiger partial charge in [0.15, 0.2) is 5.11 Å². The minimum atomic E-state index is -4.05. The van der Waals surface area contributed by atoms with Crippen molar-refractivity contribution < 1.29 is 22.7 Å². The van der Waals surface area contributed by atoms with Crippen LogP contribution in [-0.2, 0) is 19.6 Å². The Bertz CT molecular complexity index is 1060. The zero-order chi connectivity index (χ0) is 20.6. The van der Waals surface area contributed by atoms with E-state index in [4.69, 9.17) is 17.0 Å². The standard InChI is InChI=1S/C19H17N3O5S2/c23-17(21-11-12-27-19(21)24)15-16(13-7-3-1-4-8-13)22(18(28)20-15)29(25,26)14-9-5-2-6-10-14/h1-10,15-16H,11-12H2,(H,20,28)/t15-,16+/m1/s1. The maximum atomic E-state index is 13.4. The second kappa shape index (κ2) is 7.45. The number of benzene rings is 2. The summed E-state index contributed by atoms with van der Waals surface area (Å²) in [5.74, 6) is -0.588. The molecule has 2 fully saturated rings. The molecular weight excluding hydrogens is 414 g/mol. The first-order chi connectivity index (χ1) is 13.9. The second-order valence-electron chi connectivity index (χ2n) is 6.50. The third-order valence-corrected chi connectivity index (χ3v) is 7.01. The van der Waals surface area contributed by atoms with Crippen LogP contribution in [0.15, 0.2) is 65.6 Å². The van der Waals surface area contributed by atoms with Crippen LogP contribution in [0.2, 0.25) is 0 Å². The van der Waals surface area contributed by atoms with Crippen molar-refractivity contribution in [3.8, 4) is 0 Å². The fraction of sp³-hybridized carbons (Fsp3) is 0.211. The van der Waals surface area contributed by atoms with Crippen molar-refractivity contribution in [1.82, 2.24) is 14.5 Å². The van der Waals surface area contributed by atoms with Crippen molar-refractivity contribution in [1.29, 1.82) is 0 Å². The van der Waals surface area contributed by atoms with Gasteiger partial charge in [-0.25, -0.2) is 22.4 Å². The molecule has 8 nitrogen and oxygen atoms in total. The summed E-state index contributed by atoms with van der Waals surface area (Å²) < 4.78 is 32.6. The highest BCUT2D eigenvalue weighted by molar-refractivity contribution is 7.91. The molecule has 0 unspecified atom stereocenters.